The molecule has 0 spiro atoms. The van der Waals surface area contributed by atoms with Gasteiger partial charge in [0, 0.05) is 13.0 Å². The van der Waals surface area contributed by atoms with Gasteiger partial charge in [-0.25, -0.2) is 4.18 Å². The molecule has 1 aliphatic heterocycles. The Morgan fingerprint density at radius 1 is 0.639 bits per heavy atom. The summed E-state index contributed by atoms with van der Waals surface area (Å²) in [7, 11) is -5.08. The van der Waals surface area contributed by atoms with Crippen molar-refractivity contribution in [2.75, 3.05) is 26.4 Å². The minimum Gasteiger partial charge on any atom is -0.457 e. The van der Waals surface area contributed by atoms with Crippen molar-refractivity contribution in [1.29, 1.82) is 0 Å². The zero-order valence-corrected chi connectivity index (χ0v) is 37.7. The van der Waals surface area contributed by atoms with E-state index in [0.717, 1.165) is 96.3 Å². The highest BCUT2D eigenvalue weighted by atomic mass is 32.3. The van der Waals surface area contributed by atoms with Gasteiger partial charge in [0.1, 0.15) is 30.5 Å². The van der Waals surface area contributed by atoms with Crippen LogP contribution in [0.2, 0.25) is 0 Å². The van der Waals surface area contributed by atoms with Crippen molar-refractivity contribution in [3.05, 3.63) is 97.2 Å². The SMILES string of the molecule is CC/C=C\C/C=C\C/C=C\C/C=C\C/C=C\C/C=C\CCCOCC(COC1OC(CO)C(O)C(OS(=O)(=O)O)C1O)OC(=O)CCCCCCC/C=C\C/C=C\CCCC. The Kier molecular flexibility index (Phi) is 35.5. The molecule has 0 radical (unpaired) electrons. The van der Waals surface area contributed by atoms with Gasteiger partial charge in [0.05, 0.1) is 19.8 Å². The summed E-state index contributed by atoms with van der Waals surface area (Å²) >= 11 is 0. The molecular formula is C48H78O12S. The summed E-state index contributed by atoms with van der Waals surface area (Å²) in [6.07, 6.45) is 43.1. The second-order valence-electron chi connectivity index (χ2n) is 14.9. The maximum Gasteiger partial charge on any atom is 0.397 e. The van der Waals surface area contributed by atoms with Crippen LogP contribution in [-0.4, -0.2) is 97.5 Å². The quantitative estimate of drug-likeness (QED) is 0.0201. The van der Waals surface area contributed by atoms with Gasteiger partial charge < -0.3 is 34.3 Å². The monoisotopic (exact) mass is 879 g/mol. The first-order valence-corrected chi connectivity index (χ1v) is 23.9. The molecule has 0 aromatic heterocycles. The zero-order valence-electron chi connectivity index (χ0n) is 36.9. The molecule has 61 heavy (non-hydrogen) atoms. The second kappa shape index (κ2) is 38.7. The first-order valence-electron chi connectivity index (χ1n) is 22.5. The fraction of sp³-hybridized carbons (Fsp3) is 0.646. The number of esters is 1. The highest BCUT2D eigenvalue weighted by Crippen LogP contribution is 2.26. The van der Waals surface area contributed by atoms with E-state index in [4.69, 9.17) is 23.5 Å². The van der Waals surface area contributed by atoms with Crippen LogP contribution in [-0.2, 0) is 38.3 Å². The summed E-state index contributed by atoms with van der Waals surface area (Å²) in [5.41, 5.74) is 0. The maximum absolute atomic E-state index is 12.8. The van der Waals surface area contributed by atoms with Crippen LogP contribution in [0.25, 0.3) is 0 Å². The normalized spacial score (nSPS) is 21.0. The summed E-state index contributed by atoms with van der Waals surface area (Å²) in [5.74, 6) is -0.438. The first kappa shape index (κ1) is 56.0. The number of carbonyl (C=O) groups is 1. The molecule has 13 heteroatoms. The number of carbonyl (C=O) groups excluding carboxylic acids is 1. The third-order valence-electron chi connectivity index (χ3n) is 9.44. The van der Waals surface area contributed by atoms with E-state index in [1.165, 1.54) is 12.8 Å². The van der Waals surface area contributed by atoms with Gasteiger partial charge in [0.15, 0.2) is 6.29 Å². The second-order valence-corrected chi connectivity index (χ2v) is 15.9. The van der Waals surface area contributed by atoms with Gasteiger partial charge in [-0.15, -0.1) is 0 Å². The third-order valence-corrected chi connectivity index (χ3v) is 9.91. The van der Waals surface area contributed by atoms with Crippen LogP contribution < -0.4 is 0 Å². The topological polar surface area (TPSA) is 178 Å². The van der Waals surface area contributed by atoms with Crippen LogP contribution in [0.15, 0.2) is 97.2 Å². The predicted octanol–water partition coefficient (Wildman–Crippen LogP) is 9.46. The predicted molar refractivity (Wildman–Crippen MR) is 243 cm³/mol. The van der Waals surface area contributed by atoms with E-state index in [-0.39, 0.29) is 19.6 Å². The summed E-state index contributed by atoms with van der Waals surface area (Å²) in [6, 6.07) is 0. The molecule has 1 heterocycles. The van der Waals surface area contributed by atoms with E-state index in [2.05, 4.69) is 115 Å². The van der Waals surface area contributed by atoms with Gasteiger partial charge in [0.25, 0.3) is 0 Å². The Morgan fingerprint density at radius 2 is 1.13 bits per heavy atom. The zero-order chi connectivity index (χ0) is 44.7. The molecule has 348 valence electrons. The van der Waals surface area contributed by atoms with E-state index >= 15 is 0 Å². The van der Waals surface area contributed by atoms with Crippen LogP contribution in [0.3, 0.4) is 0 Å². The first-order chi connectivity index (χ1) is 29.6. The van der Waals surface area contributed by atoms with Crippen molar-refractivity contribution in [3.8, 4) is 0 Å². The fourth-order valence-corrected chi connectivity index (χ4v) is 6.56. The molecule has 0 saturated carbocycles. The molecule has 0 bridgehead atoms. The number of rotatable bonds is 37. The minimum atomic E-state index is -5.08. The smallest absolute Gasteiger partial charge is 0.397 e. The van der Waals surface area contributed by atoms with Gasteiger partial charge in [-0.2, -0.15) is 8.42 Å². The number of hydrogen-bond donors (Lipinski definition) is 4. The summed E-state index contributed by atoms with van der Waals surface area (Å²) < 4.78 is 58.9. The van der Waals surface area contributed by atoms with Crippen LogP contribution in [0.4, 0.5) is 0 Å². The average molecular weight is 879 g/mol. The number of aliphatic hydroxyl groups excluding tert-OH is 3. The summed E-state index contributed by atoms with van der Waals surface area (Å²) in [6.45, 7) is 3.63. The number of ether oxygens (including phenoxy) is 4. The van der Waals surface area contributed by atoms with E-state index in [1.54, 1.807) is 0 Å². The molecule has 1 saturated heterocycles. The van der Waals surface area contributed by atoms with Crippen molar-refractivity contribution in [2.45, 2.75) is 173 Å². The lowest BCUT2D eigenvalue weighted by atomic mass is 9.99. The Labute approximate surface area is 367 Å². The van der Waals surface area contributed by atoms with E-state index in [0.29, 0.717) is 13.0 Å². The van der Waals surface area contributed by atoms with Gasteiger partial charge in [-0.1, -0.05) is 143 Å². The van der Waals surface area contributed by atoms with Crippen molar-refractivity contribution in [3.63, 3.8) is 0 Å². The fourth-order valence-electron chi connectivity index (χ4n) is 6.06. The van der Waals surface area contributed by atoms with E-state index in [9.17, 15) is 28.5 Å². The molecule has 0 aromatic rings. The average Bonchev–Trinajstić information content (AvgIpc) is 3.23. The Morgan fingerprint density at radius 3 is 1.66 bits per heavy atom. The molecule has 0 aromatic carbocycles. The maximum atomic E-state index is 12.8. The lowest BCUT2D eigenvalue weighted by molar-refractivity contribution is -0.301. The van der Waals surface area contributed by atoms with Crippen LogP contribution >= 0.6 is 0 Å². The van der Waals surface area contributed by atoms with Gasteiger partial charge in [-0.05, 0) is 83.5 Å². The van der Waals surface area contributed by atoms with Crippen LogP contribution in [0.1, 0.15) is 136 Å². The van der Waals surface area contributed by atoms with E-state index in [1.807, 2.05) is 0 Å². The molecular weight excluding hydrogens is 801 g/mol. The summed E-state index contributed by atoms with van der Waals surface area (Å²) in [5, 5.41) is 30.6. The molecule has 1 aliphatic rings. The highest BCUT2D eigenvalue weighted by Gasteiger charge is 2.48. The Balaban J connectivity index is 2.50. The molecule has 6 unspecified atom stereocenters. The van der Waals surface area contributed by atoms with Gasteiger partial charge in [0.2, 0.25) is 0 Å². The Bertz CT molecular complexity index is 1430. The van der Waals surface area contributed by atoms with Crippen molar-refractivity contribution >= 4 is 16.4 Å². The standard InChI is InChI=1S/C48H78O12S/c1-3-5-7-9-11-13-15-17-19-20-21-22-23-24-26-28-30-32-34-36-38-56-40-42(41-57-48-46(52)47(60-61(53,54)55)45(51)43(39-49)59-48)58-44(50)37-35-33-31-29-27-25-18-16-14-12-10-8-6-4-2/h5,7,10-13,16-19,21-22,24,26,30,32,42-43,45-49,51-52H,3-4,6,8-9,14-15,20,23,25,27-29,31,33-41H2,1-2H3,(H,53,54,55)/b7-5-,12-10-,13-11-,18-16-,19-17-,22-21-,26-24-,32-30-. The molecule has 6 atom stereocenters. The van der Waals surface area contributed by atoms with E-state index < -0.39 is 59.8 Å². The van der Waals surface area contributed by atoms with Crippen molar-refractivity contribution in [1.82, 2.24) is 0 Å². The van der Waals surface area contributed by atoms with Crippen molar-refractivity contribution < 1.29 is 56.2 Å². The molecule has 4 N–H and O–H groups in total. The van der Waals surface area contributed by atoms with Crippen LogP contribution in [0.5, 0.6) is 0 Å². The number of allylic oxidation sites excluding steroid dienone is 16. The van der Waals surface area contributed by atoms with Crippen molar-refractivity contribution in [2.24, 2.45) is 0 Å². The Hall–Kier alpha value is -2.98. The summed E-state index contributed by atoms with van der Waals surface area (Å²) in [4.78, 5) is 12.8. The molecule has 1 rings (SSSR count). The minimum absolute atomic E-state index is 0.0165. The number of hydrogen-bond acceptors (Lipinski definition) is 11. The van der Waals surface area contributed by atoms with Gasteiger partial charge >= 0.3 is 16.4 Å². The highest BCUT2D eigenvalue weighted by molar-refractivity contribution is 7.80. The molecule has 0 amide bonds. The molecule has 0 aliphatic carbocycles. The molecule has 12 nitrogen and oxygen atoms in total. The third kappa shape index (κ3) is 32.4. The number of aliphatic hydroxyl groups is 3. The van der Waals surface area contributed by atoms with Gasteiger partial charge in [-0.3, -0.25) is 9.35 Å². The lowest BCUT2D eigenvalue weighted by Gasteiger charge is -2.41. The number of unbranched alkanes of at least 4 members (excludes halogenated alkanes) is 8. The molecule has 1 fully saturated rings. The van der Waals surface area contributed by atoms with Crippen LogP contribution in [0, 0.1) is 0 Å². The lowest BCUT2D eigenvalue weighted by Crippen LogP contribution is -2.60. The largest absolute Gasteiger partial charge is 0.457 e.